The first-order valence-electron chi connectivity index (χ1n) is 9.95. The minimum atomic E-state index is -4.43. The molecule has 0 spiro atoms. The van der Waals surface area contributed by atoms with Crippen molar-refractivity contribution in [1.29, 1.82) is 0 Å². The molecule has 1 atom stereocenters. The van der Waals surface area contributed by atoms with Crippen LogP contribution < -0.4 is 10.1 Å². The molecular weight excluding hydrogens is 405 g/mol. The third kappa shape index (κ3) is 3.74. The number of aromatic amines is 1. The van der Waals surface area contributed by atoms with Crippen LogP contribution in [0.5, 0.6) is 5.75 Å². The van der Waals surface area contributed by atoms with Gasteiger partial charge >= 0.3 is 6.18 Å². The van der Waals surface area contributed by atoms with E-state index < -0.39 is 11.7 Å². The molecule has 4 heterocycles. The van der Waals surface area contributed by atoms with E-state index in [1.807, 2.05) is 6.07 Å². The van der Waals surface area contributed by atoms with E-state index >= 15 is 0 Å². The molecule has 1 aliphatic rings. The lowest BCUT2D eigenvalue weighted by molar-refractivity contribution is -0.137. The molecule has 1 unspecified atom stereocenters. The molecular formula is C23H19F3N4O. The van der Waals surface area contributed by atoms with Gasteiger partial charge in [0.1, 0.15) is 12.4 Å². The van der Waals surface area contributed by atoms with Crippen LogP contribution in [0, 0.1) is 0 Å². The summed E-state index contributed by atoms with van der Waals surface area (Å²) < 4.78 is 46.1. The second kappa shape index (κ2) is 7.70. The van der Waals surface area contributed by atoms with Crippen LogP contribution in [0.1, 0.15) is 12.0 Å². The number of ether oxygens (including phenoxy) is 1. The standard InChI is InChI=1S/C23H19F3N4O/c24-23(25,26)15-4-1-3-14(11-15)20-21(30-18-5-2-8-29-22(18)20)17-7-9-27-12-19(17)31-13-16-6-10-28-16/h1-5,7-9,11-12,16,28,30H,6,10,13H2. The molecule has 1 saturated heterocycles. The van der Waals surface area contributed by atoms with Crippen molar-refractivity contribution in [2.75, 3.05) is 13.2 Å². The van der Waals surface area contributed by atoms with Gasteiger partial charge in [0.05, 0.1) is 28.5 Å². The lowest BCUT2D eigenvalue weighted by atomic mass is 9.98. The zero-order valence-corrected chi connectivity index (χ0v) is 16.4. The highest BCUT2D eigenvalue weighted by Gasteiger charge is 2.31. The molecule has 5 nitrogen and oxygen atoms in total. The number of aromatic nitrogens is 3. The van der Waals surface area contributed by atoms with Crippen molar-refractivity contribution in [3.63, 3.8) is 0 Å². The van der Waals surface area contributed by atoms with Crippen LogP contribution in [0.25, 0.3) is 33.4 Å². The highest BCUT2D eigenvalue weighted by molar-refractivity contribution is 6.02. The van der Waals surface area contributed by atoms with Crippen LogP contribution in [0.15, 0.2) is 61.1 Å². The summed E-state index contributed by atoms with van der Waals surface area (Å²) in [5.41, 5.74) is 3.02. The van der Waals surface area contributed by atoms with Crippen LogP contribution in [0.4, 0.5) is 13.2 Å². The number of H-pyrrole nitrogens is 1. The molecule has 158 valence electrons. The summed E-state index contributed by atoms with van der Waals surface area (Å²) >= 11 is 0. The van der Waals surface area contributed by atoms with Crippen molar-refractivity contribution in [1.82, 2.24) is 20.3 Å². The van der Waals surface area contributed by atoms with Crippen molar-refractivity contribution in [2.24, 2.45) is 0 Å². The number of rotatable bonds is 5. The fraction of sp³-hybridized carbons (Fsp3) is 0.217. The predicted molar refractivity (Wildman–Crippen MR) is 112 cm³/mol. The van der Waals surface area contributed by atoms with E-state index in [1.54, 1.807) is 36.8 Å². The number of fused-ring (bicyclic) bond motifs is 1. The molecule has 0 aliphatic carbocycles. The molecule has 0 amide bonds. The Labute approximate surface area is 176 Å². The molecule has 0 bridgehead atoms. The zero-order chi connectivity index (χ0) is 21.4. The van der Waals surface area contributed by atoms with Crippen molar-refractivity contribution in [3.05, 3.63) is 66.6 Å². The number of nitrogens with one attached hydrogen (secondary N) is 2. The summed E-state index contributed by atoms with van der Waals surface area (Å²) in [6, 6.07) is 11.0. The highest BCUT2D eigenvalue weighted by Crippen LogP contribution is 2.42. The molecule has 2 N–H and O–H groups in total. The molecule has 8 heteroatoms. The van der Waals surface area contributed by atoms with Crippen LogP contribution in [0.2, 0.25) is 0 Å². The Hall–Kier alpha value is -3.39. The summed E-state index contributed by atoms with van der Waals surface area (Å²) in [6.45, 7) is 1.47. The average molecular weight is 424 g/mol. The fourth-order valence-corrected chi connectivity index (χ4v) is 3.74. The lowest BCUT2D eigenvalue weighted by Crippen LogP contribution is -2.46. The van der Waals surface area contributed by atoms with Crippen LogP contribution in [-0.4, -0.2) is 34.1 Å². The largest absolute Gasteiger partial charge is 0.490 e. The summed E-state index contributed by atoms with van der Waals surface area (Å²) in [5, 5.41) is 3.28. The molecule has 0 saturated carbocycles. The van der Waals surface area contributed by atoms with Crippen LogP contribution in [0.3, 0.4) is 0 Å². The van der Waals surface area contributed by atoms with Gasteiger partial charge in [0.2, 0.25) is 0 Å². The third-order valence-electron chi connectivity index (χ3n) is 5.45. The molecule has 4 aromatic rings. The molecule has 3 aromatic heterocycles. The molecule has 5 rings (SSSR count). The van der Waals surface area contributed by atoms with Gasteiger partial charge in [-0.15, -0.1) is 0 Å². The SMILES string of the molecule is FC(F)(F)c1cccc(-c2c(-c3ccncc3OCC3CCN3)[nH]c3cccnc23)c1. The normalized spacial score (nSPS) is 16.3. The van der Waals surface area contributed by atoms with E-state index in [0.29, 0.717) is 40.7 Å². The van der Waals surface area contributed by atoms with Gasteiger partial charge in [-0.1, -0.05) is 12.1 Å². The van der Waals surface area contributed by atoms with Crippen LogP contribution in [-0.2, 0) is 6.18 Å². The summed E-state index contributed by atoms with van der Waals surface area (Å²) in [4.78, 5) is 11.9. The maximum Gasteiger partial charge on any atom is 0.416 e. The van der Waals surface area contributed by atoms with E-state index in [0.717, 1.165) is 36.2 Å². The van der Waals surface area contributed by atoms with Gasteiger partial charge in [0, 0.05) is 29.6 Å². The highest BCUT2D eigenvalue weighted by atomic mass is 19.4. The Bertz CT molecular complexity index is 1230. The Balaban J connectivity index is 1.66. The molecule has 1 aromatic carbocycles. The Morgan fingerprint density at radius 1 is 1.10 bits per heavy atom. The summed E-state index contributed by atoms with van der Waals surface area (Å²) in [6.07, 6.45) is 1.50. The van der Waals surface area contributed by atoms with E-state index in [-0.39, 0.29) is 0 Å². The average Bonchev–Trinajstić information content (AvgIpc) is 3.12. The van der Waals surface area contributed by atoms with Crippen molar-refractivity contribution >= 4 is 11.0 Å². The number of pyridine rings is 2. The Morgan fingerprint density at radius 2 is 1.97 bits per heavy atom. The molecule has 31 heavy (non-hydrogen) atoms. The van der Waals surface area contributed by atoms with Crippen molar-refractivity contribution in [3.8, 4) is 28.1 Å². The summed E-state index contributed by atoms with van der Waals surface area (Å²) in [7, 11) is 0. The summed E-state index contributed by atoms with van der Waals surface area (Å²) in [5.74, 6) is 0.566. The minimum Gasteiger partial charge on any atom is -0.490 e. The molecule has 1 aliphatic heterocycles. The number of nitrogens with zero attached hydrogens (tertiary/aromatic N) is 2. The van der Waals surface area contributed by atoms with Gasteiger partial charge in [0.15, 0.2) is 0 Å². The first kappa shape index (κ1) is 19.6. The van der Waals surface area contributed by atoms with E-state index in [1.165, 1.54) is 6.07 Å². The Morgan fingerprint density at radius 3 is 2.74 bits per heavy atom. The van der Waals surface area contributed by atoms with Crippen molar-refractivity contribution < 1.29 is 17.9 Å². The first-order valence-corrected chi connectivity index (χ1v) is 9.95. The topological polar surface area (TPSA) is 62.8 Å². The van der Waals surface area contributed by atoms with E-state index in [4.69, 9.17) is 4.74 Å². The smallest absolute Gasteiger partial charge is 0.416 e. The molecule has 0 radical (unpaired) electrons. The van der Waals surface area contributed by atoms with E-state index in [9.17, 15) is 13.2 Å². The van der Waals surface area contributed by atoms with Gasteiger partial charge < -0.3 is 15.0 Å². The van der Waals surface area contributed by atoms with Gasteiger partial charge in [-0.2, -0.15) is 13.2 Å². The predicted octanol–water partition coefficient (Wildman–Crippen LogP) is 5.05. The fourth-order valence-electron chi connectivity index (χ4n) is 3.74. The van der Waals surface area contributed by atoms with Crippen molar-refractivity contribution in [2.45, 2.75) is 18.6 Å². The maximum absolute atomic E-state index is 13.4. The number of halogens is 3. The van der Waals surface area contributed by atoms with Crippen LogP contribution >= 0.6 is 0 Å². The number of hydrogen-bond donors (Lipinski definition) is 2. The quantitative estimate of drug-likeness (QED) is 0.471. The number of benzene rings is 1. The zero-order valence-electron chi connectivity index (χ0n) is 16.4. The second-order valence-electron chi connectivity index (χ2n) is 7.48. The van der Waals surface area contributed by atoms with Gasteiger partial charge in [-0.3, -0.25) is 9.97 Å². The first-order chi connectivity index (χ1) is 15.0. The minimum absolute atomic E-state index is 0.292. The maximum atomic E-state index is 13.4. The molecule has 1 fully saturated rings. The van der Waals surface area contributed by atoms with Gasteiger partial charge in [-0.25, -0.2) is 0 Å². The van der Waals surface area contributed by atoms with Gasteiger partial charge in [0.25, 0.3) is 0 Å². The monoisotopic (exact) mass is 424 g/mol. The lowest BCUT2D eigenvalue weighted by Gasteiger charge is -2.27. The number of alkyl halides is 3. The second-order valence-corrected chi connectivity index (χ2v) is 7.48. The van der Waals surface area contributed by atoms with Gasteiger partial charge in [-0.05, 0) is 48.9 Å². The third-order valence-corrected chi connectivity index (χ3v) is 5.45. The Kier molecular flexibility index (Phi) is 4.86. The number of hydrogen-bond acceptors (Lipinski definition) is 4. The van der Waals surface area contributed by atoms with E-state index in [2.05, 4.69) is 20.3 Å².